The Morgan fingerprint density at radius 3 is 2.35 bits per heavy atom. The van der Waals surface area contributed by atoms with Crippen molar-refractivity contribution in [3.05, 3.63) is 30.3 Å². The fourth-order valence-corrected chi connectivity index (χ4v) is 5.90. The summed E-state index contributed by atoms with van der Waals surface area (Å²) in [6.07, 6.45) is 1.20. The number of rotatable bonds is 1. The van der Waals surface area contributed by atoms with Gasteiger partial charge in [0, 0.05) is 26.3 Å². The second kappa shape index (κ2) is 4.90. The first-order valence-electron chi connectivity index (χ1n) is 6.45. The fraction of sp³-hybridized carbons (Fsp3) is 0.538. The molecule has 3 aliphatic heterocycles. The molecule has 4 heteroatoms. The highest BCUT2D eigenvalue weighted by Crippen LogP contribution is 2.21. The molecule has 0 N–H and O–H groups in total. The van der Waals surface area contributed by atoms with Crippen LogP contribution in [0.4, 0.5) is 0 Å². The number of benzene rings is 1. The van der Waals surface area contributed by atoms with Crippen molar-refractivity contribution < 1.29 is 8.85 Å². The standard InChI is InChI=1S/C13H19NO2Si/c1-2-5-13(6-3-1)17-12-4-7-14(8-10-15-17)9-11-16-17/h1-3,5-6H,4,7-12H2. The van der Waals surface area contributed by atoms with Crippen molar-refractivity contribution in [2.24, 2.45) is 0 Å². The van der Waals surface area contributed by atoms with Crippen molar-refractivity contribution in [2.45, 2.75) is 12.5 Å². The minimum Gasteiger partial charge on any atom is -0.390 e. The molecule has 0 saturated carbocycles. The fourth-order valence-electron chi connectivity index (χ4n) is 2.74. The van der Waals surface area contributed by atoms with E-state index in [4.69, 9.17) is 8.85 Å². The van der Waals surface area contributed by atoms with Crippen molar-refractivity contribution in [1.29, 1.82) is 0 Å². The van der Waals surface area contributed by atoms with Gasteiger partial charge in [-0.05, 0) is 24.2 Å². The maximum atomic E-state index is 6.20. The van der Waals surface area contributed by atoms with Gasteiger partial charge in [0.1, 0.15) is 0 Å². The Morgan fingerprint density at radius 1 is 0.941 bits per heavy atom. The second-order valence-corrected chi connectivity index (χ2v) is 7.92. The van der Waals surface area contributed by atoms with Gasteiger partial charge >= 0.3 is 8.56 Å². The summed E-state index contributed by atoms with van der Waals surface area (Å²) in [6, 6.07) is 11.7. The summed E-state index contributed by atoms with van der Waals surface area (Å²) in [6.45, 7) is 4.96. The maximum Gasteiger partial charge on any atom is 0.372 e. The molecule has 3 fully saturated rings. The molecular weight excluding hydrogens is 230 g/mol. The molecule has 0 aromatic heterocycles. The number of fused-ring (bicyclic) bond motifs is 6. The second-order valence-electron chi connectivity index (χ2n) is 4.76. The molecule has 3 saturated heterocycles. The van der Waals surface area contributed by atoms with Crippen LogP contribution in [0.25, 0.3) is 0 Å². The largest absolute Gasteiger partial charge is 0.390 e. The molecule has 3 nitrogen and oxygen atoms in total. The van der Waals surface area contributed by atoms with Gasteiger partial charge in [0.05, 0.1) is 0 Å². The quantitative estimate of drug-likeness (QED) is 0.696. The third-order valence-electron chi connectivity index (χ3n) is 3.68. The summed E-state index contributed by atoms with van der Waals surface area (Å²) in [5.74, 6) is 0. The van der Waals surface area contributed by atoms with Gasteiger partial charge in [-0.2, -0.15) is 0 Å². The zero-order valence-corrected chi connectivity index (χ0v) is 11.1. The van der Waals surface area contributed by atoms with Crippen LogP contribution < -0.4 is 5.19 Å². The first kappa shape index (κ1) is 11.4. The zero-order valence-electron chi connectivity index (χ0n) is 10.1. The Labute approximate surface area is 104 Å². The van der Waals surface area contributed by atoms with E-state index in [0.717, 1.165) is 32.3 Å². The highest BCUT2D eigenvalue weighted by atomic mass is 28.4. The molecule has 17 heavy (non-hydrogen) atoms. The third-order valence-corrected chi connectivity index (χ3v) is 7.24. The van der Waals surface area contributed by atoms with Gasteiger partial charge < -0.3 is 8.85 Å². The average Bonchev–Trinajstić information content (AvgIpc) is 2.28. The highest BCUT2D eigenvalue weighted by Gasteiger charge is 2.42. The van der Waals surface area contributed by atoms with E-state index in [0.29, 0.717) is 0 Å². The van der Waals surface area contributed by atoms with Crippen LogP contribution in [0.1, 0.15) is 6.42 Å². The van der Waals surface area contributed by atoms with E-state index in [-0.39, 0.29) is 0 Å². The van der Waals surface area contributed by atoms with Gasteiger partial charge in [-0.1, -0.05) is 30.3 Å². The van der Waals surface area contributed by atoms with E-state index in [1.54, 1.807) is 0 Å². The van der Waals surface area contributed by atoms with E-state index >= 15 is 0 Å². The molecule has 3 aliphatic rings. The van der Waals surface area contributed by atoms with Crippen LogP contribution in [-0.2, 0) is 8.85 Å². The smallest absolute Gasteiger partial charge is 0.372 e. The molecule has 4 rings (SSSR count). The first-order chi connectivity index (χ1) is 8.39. The molecule has 1 aromatic rings. The molecule has 92 valence electrons. The summed E-state index contributed by atoms with van der Waals surface area (Å²) >= 11 is 0. The van der Waals surface area contributed by atoms with Crippen LogP contribution in [0.3, 0.4) is 0 Å². The van der Waals surface area contributed by atoms with E-state index in [1.807, 2.05) is 0 Å². The predicted molar refractivity (Wildman–Crippen MR) is 69.6 cm³/mol. The topological polar surface area (TPSA) is 21.7 Å². The lowest BCUT2D eigenvalue weighted by molar-refractivity contribution is 0.0866. The Hall–Kier alpha value is -0.683. The van der Waals surface area contributed by atoms with Crippen molar-refractivity contribution in [3.63, 3.8) is 0 Å². The molecule has 0 spiro atoms. The van der Waals surface area contributed by atoms with Crippen LogP contribution >= 0.6 is 0 Å². The molecular formula is C13H19NO2Si. The van der Waals surface area contributed by atoms with E-state index in [1.165, 1.54) is 18.2 Å². The molecule has 0 radical (unpaired) electrons. The molecule has 0 amide bonds. The summed E-state index contributed by atoms with van der Waals surface area (Å²) in [7, 11) is -2.13. The summed E-state index contributed by atoms with van der Waals surface area (Å²) in [4.78, 5) is 2.45. The Morgan fingerprint density at radius 2 is 1.65 bits per heavy atom. The van der Waals surface area contributed by atoms with Gasteiger partial charge in [0.2, 0.25) is 0 Å². The van der Waals surface area contributed by atoms with Crippen LogP contribution in [0.2, 0.25) is 6.04 Å². The van der Waals surface area contributed by atoms with Crippen molar-refractivity contribution in [1.82, 2.24) is 4.90 Å². The Kier molecular flexibility index (Phi) is 3.29. The van der Waals surface area contributed by atoms with Crippen molar-refractivity contribution in [2.75, 3.05) is 32.8 Å². The van der Waals surface area contributed by atoms with Gasteiger partial charge in [-0.25, -0.2) is 0 Å². The molecule has 0 aliphatic carbocycles. The van der Waals surface area contributed by atoms with Crippen LogP contribution in [-0.4, -0.2) is 46.3 Å². The minimum absolute atomic E-state index is 0.821. The van der Waals surface area contributed by atoms with Gasteiger partial charge in [0.25, 0.3) is 0 Å². The summed E-state index contributed by atoms with van der Waals surface area (Å²) in [5, 5.41) is 1.30. The van der Waals surface area contributed by atoms with Crippen molar-refractivity contribution >= 4 is 13.7 Å². The van der Waals surface area contributed by atoms with E-state index in [9.17, 15) is 0 Å². The molecule has 0 atom stereocenters. The Balaban J connectivity index is 1.91. The number of hydrogen-bond donors (Lipinski definition) is 0. The van der Waals surface area contributed by atoms with Gasteiger partial charge in [0.15, 0.2) is 0 Å². The lowest BCUT2D eigenvalue weighted by Gasteiger charge is -2.39. The molecule has 3 heterocycles. The SMILES string of the molecule is c1ccc([Si]23CCCN(CCO2)CCO3)cc1. The maximum absolute atomic E-state index is 6.20. The zero-order chi connectivity index (χ0) is 11.6. The monoisotopic (exact) mass is 249 g/mol. The molecule has 2 bridgehead atoms. The van der Waals surface area contributed by atoms with Crippen molar-refractivity contribution in [3.8, 4) is 0 Å². The number of nitrogens with zero attached hydrogens (tertiary/aromatic N) is 1. The minimum atomic E-state index is -2.13. The summed E-state index contributed by atoms with van der Waals surface area (Å²) in [5.41, 5.74) is 0. The third kappa shape index (κ3) is 2.31. The Bertz CT molecular complexity index is 344. The first-order valence-corrected chi connectivity index (χ1v) is 8.47. The molecule has 0 unspecified atom stereocenters. The normalized spacial score (nSPS) is 33.8. The highest BCUT2D eigenvalue weighted by molar-refractivity contribution is 6.81. The van der Waals surface area contributed by atoms with Crippen LogP contribution in [0, 0.1) is 0 Å². The lowest BCUT2D eigenvalue weighted by atomic mass is 10.4. The van der Waals surface area contributed by atoms with E-state index in [2.05, 4.69) is 35.2 Å². The van der Waals surface area contributed by atoms with E-state index < -0.39 is 8.56 Å². The molecule has 1 aromatic carbocycles. The lowest BCUT2D eigenvalue weighted by Crippen LogP contribution is -2.59. The van der Waals surface area contributed by atoms with Crippen LogP contribution in [0.15, 0.2) is 30.3 Å². The summed E-state index contributed by atoms with van der Waals surface area (Å²) < 4.78 is 12.4. The van der Waals surface area contributed by atoms with Crippen LogP contribution in [0.5, 0.6) is 0 Å². The van der Waals surface area contributed by atoms with Gasteiger partial charge in [-0.3, -0.25) is 4.90 Å². The van der Waals surface area contributed by atoms with Gasteiger partial charge in [-0.15, -0.1) is 0 Å². The average molecular weight is 249 g/mol. The number of hydrogen-bond acceptors (Lipinski definition) is 3. The predicted octanol–water partition coefficient (Wildman–Crippen LogP) is 1.09.